The van der Waals surface area contributed by atoms with Crippen molar-refractivity contribution in [3.8, 4) is 5.69 Å². The summed E-state index contributed by atoms with van der Waals surface area (Å²) >= 11 is 8.65. The highest BCUT2D eigenvalue weighted by atomic mass is 79.9. The summed E-state index contributed by atoms with van der Waals surface area (Å²) in [6, 6.07) is 11.8. The fraction of sp³-hybridized carbons (Fsp3) is 0.0714. The summed E-state index contributed by atoms with van der Waals surface area (Å²) in [6.07, 6.45) is 3.79. The molecule has 2 heterocycles. The van der Waals surface area contributed by atoms with Crippen LogP contribution in [0.15, 0.2) is 56.4 Å². The Hall–Kier alpha value is -0.950. The molecule has 0 saturated carbocycles. The van der Waals surface area contributed by atoms with Crippen LogP contribution in [0.25, 0.3) is 5.69 Å². The van der Waals surface area contributed by atoms with Crippen molar-refractivity contribution < 1.29 is 0 Å². The van der Waals surface area contributed by atoms with Crippen LogP contribution in [0.5, 0.6) is 0 Å². The Kier molecular flexibility index (Phi) is 4.07. The van der Waals surface area contributed by atoms with Gasteiger partial charge < -0.3 is 5.73 Å². The summed E-state index contributed by atoms with van der Waals surface area (Å²) in [4.78, 5) is 0. The molecule has 3 aromatic rings. The molecule has 2 N–H and O–H groups in total. The van der Waals surface area contributed by atoms with Gasteiger partial charge in [-0.15, -0.1) is 11.3 Å². The van der Waals surface area contributed by atoms with Crippen LogP contribution >= 0.6 is 43.2 Å². The molecule has 0 aliphatic heterocycles. The first kappa shape index (κ1) is 14.0. The van der Waals surface area contributed by atoms with Crippen molar-refractivity contribution in [2.24, 2.45) is 5.73 Å². The number of rotatable bonds is 3. The molecule has 0 spiro atoms. The van der Waals surface area contributed by atoms with Crippen molar-refractivity contribution in [2.45, 2.75) is 6.04 Å². The average Bonchev–Trinajstić information content (AvgIpc) is 3.06. The minimum Gasteiger partial charge on any atom is -0.320 e. The van der Waals surface area contributed by atoms with E-state index in [0.717, 1.165) is 24.4 Å². The van der Waals surface area contributed by atoms with E-state index in [1.54, 1.807) is 11.3 Å². The van der Waals surface area contributed by atoms with Crippen LogP contribution in [0, 0.1) is 0 Å². The fourth-order valence-corrected chi connectivity index (χ4v) is 4.89. The Bertz CT molecular complexity index is 721. The second-order valence-corrected chi connectivity index (χ2v) is 8.06. The van der Waals surface area contributed by atoms with Gasteiger partial charge in [-0.25, -0.2) is 4.68 Å². The topological polar surface area (TPSA) is 43.8 Å². The van der Waals surface area contributed by atoms with E-state index in [-0.39, 0.29) is 6.04 Å². The summed E-state index contributed by atoms with van der Waals surface area (Å²) in [5.41, 5.74) is 9.40. The first-order valence-corrected chi connectivity index (χ1v) is 8.35. The Labute approximate surface area is 137 Å². The lowest BCUT2D eigenvalue weighted by molar-refractivity contribution is 0.862. The number of hydrogen-bond donors (Lipinski definition) is 1. The monoisotopic (exact) mass is 411 g/mol. The molecule has 1 atom stereocenters. The second kappa shape index (κ2) is 5.81. The third-order valence-electron chi connectivity index (χ3n) is 3.00. The molecule has 0 bridgehead atoms. The van der Waals surface area contributed by atoms with E-state index in [2.05, 4.69) is 37.0 Å². The van der Waals surface area contributed by atoms with Gasteiger partial charge in [0, 0.05) is 11.8 Å². The molecule has 2 aromatic heterocycles. The number of nitrogens with zero attached hydrogens (tertiary/aromatic N) is 2. The SMILES string of the molecule is NC(c1cnn(-c2ccccc2)c1)c1cc(Br)sc1Br. The number of aromatic nitrogens is 2. The third kappa shape index (κ3) is 2.74. The number of thiophene rings is 1. The van der Waals surface area contributed by atoms with E-state index >= 15 is 0 Å². The lowest BCUT2D eigenvalue weighted by Gasteiger charge is -2.08. The van der Waals surface area contributed by atoms with Crippen molar-refractivity contribution in [1.82, 2.24) is 9.78 Å². The molecule has 102 valence electrons. The van der Waals surface area contributed by atoms with Gasteiger partial charge in [0.2, 0.25) is 0 Å². The molecule has 0 aliphatic rings. The van der Waals surface area contributed by atoms with Gasteiger partial charge >= 0.3 is 0 Å². The molecule has 0 fully saturated rings. The first-order valence-electron chi connectivity index (χ1n) is 5.95. The summed E-state index contributed by atoms with van der Waals surface area (Å²) in [5.74, 6) is 0. The van der Waals surface area contributed by atoms with Gasteiger partial charge in [0.25, 0.3) is 0 Å². The summed E-state index contributed by atoms with van der Waals surface area (Å²) < 4.78 is 3.94. The summed E-state index contributed by atoms with van der Waals surface area (Å²) in [7, 11) is 0. The van der Waals surface area contributed by atoms with E-state index in [4.69, 9.17) is 5.73 Å². The zero-order chi connectivity index (χ0) is 14.1. The smallest absolute Gasteiger partial charge is 0.0761 e. The average molecular weight is 413 g/mol. The van der Waals surface area contributed by atoms with E-state index in [1.165, 1.54) is 0 Å². The molecular formula is C14H11Br2N3S. The molecule has 3 rings (SSSR count). The quantitative estimate of drug-likeness (QED) is 0.687. The first-order chi connectivity index (χ1) is 9.65. The minimum absolute atomic E-state index is 0.190. The van der Waals surface area contributed by atoms with Gasteiger partial charge in [0.1, 0.15) is 0 Å². The molecule has 20 heavy (non-hydrogen) atoms. The number of para-hydroxylation sites is 1. The van der Waals surface area contributed by atoms with Crippen LogP contribution in [0.1, 0.15) is 17.2 Å². The number of hydrogen-bond acceptors (Lipinski definition) is 3. The molecule has 1 aromatic carbocycles. The maximum Gasteiger partial charge on any atom is 0.0761 e. The Morgan fingerprint density at radius 3 is 2.60 bits per heavy atom. The predicted molar refractivity (Wildman–Crippen MR) is 89.3 cm³/mol. The van der Waals surface area contributed by atoms with Crippen LogP contribution in [0.3, 0.4) is 0 Å². The van der Waals surface area contributed by atoms with Gasteiger partial charge in [-0.2, -0.15) is 5.10 Å². The maximum atomic E-state index is 6.32. The van der Waals surface area contributed by atoms with Crippen LogP contribution in [-0.4, -0.2) is 9.78 Å². The zero-order valence-electron chi connectivity index (χ0n) is 10.3. The van der Waals surface area contributed by atoms with Gasteiger partial charge in [-0.05, 0) is 55.6 Å². The van der Waals surface area contributed by atoms with E-state index in [0.29, 0.717) is 0 Å². The van der Waals surface area contributed by atoms with Crippen LogP contribution < -0.4 is 5.73 Å². The van der Waals surface area contributed by atoms with Gasteiger partial charge in [-0.3, -0.25) is 0 Å². The summed E-state index contributed by atoms with van der Waals surface area (Å²) in [5, 5.41) is 4.38. The molecule has 0 saturated heterocycles. The van der Waals surface area contributed by atoms with Crippen molar-refractivity contribution in [3.05, 3.63) is 67.5 Å². The molecule has 3 nitrogen and oxygen atoms in total. The Morgan fingerprint density at radius 2 is 1.95 bits per heavy atom. The second-order valence-electron chi connectivity index (χ2n) is 4.31. The minimum atomic E-state index is -0.190. The van der Waals surface area contributed by atoms with E-state index < -0.39 is 0 Å². The largest absolute Gasteiger partial charge is 0.320 e. The molecule has 6 heteroatoms. The number of benzene rings is 1. The third-order valence-corrected chi connectivity index (χ3v) is 5.39. The highest BCUT2D eigenvalue weighted by Gasteiger charge is 2.17. The Balaban J connectivity index is 1.92. The number of nitrogens with two attached hydrogens (primary N) is 1. The molecule has 0 aliphatic carbocycles. The molecule has 1 unspecified atom stereocenters. The predicted octanol–water partition coefficient (Wildman–Crippen LogP) is 4.51. The van der Waals surface area contributed by atoms with Crippen molar-refractivity contribution in [1.29, 1.82) is 0 Å². The Morgan fingerprint density at radius 1 is 1.20 bits per heavy atom. The van der Waals surface area contributed by atoms with Gasteiger partial charge in [0.05, 0.1) is 25.5 Å². The fourth-order valence-electron chi connectivity index (χ4n) is 1.96. The molecule has 0 amide bonds. The van der Waals surface area contributed by atoms with Crippen molar-refractivity contribution >= 4 is 43.2 Å². The maximum absolute atomic E-state index is 6.32. The highest BCUT2D eigenvalue weighted by Crippen LogP contribution is 2.36. The van der Waals surface area contributed by atoms with Crippen molar-refractivity contribution in [3.63, 3.8) is 0 Å². The number of halogens is 2. The molecular weight excluding hydrogens is 402 g/mol. The normalized spacial score (nSPS) is 12.6. The standard InChI is InChI=1S/C14H11Br2N3S/c15-12-6-11(14(16)20-12)13(17)9-7-18-19(8-9)10-4-2-1-3-5-10/h1-8,13H,17H2. The lowest BCUT2D eigenvalue weighted by Crippen LogP contribution is -2.10. The van der Waals surface area contributed by atoms with Crippen LogP contribution in [0.2, 0.25) is 0 Å². The highest BCUT2D eigenvalue weighted by molar-refractivity contribution is 9.12. The van der Waals surface area contributed by atoms with Gasteiger partial charge in [0.15, 0.2) is 0 Å². The van der Waals surface area contributed by atoms with E-state index in [1.807, 2.05) is 53.5 Å². The van der Waals surface area contributed by atoms with E-state index in [9.17, 15) is 0 Å². The van der Waals surface area contributed by atoms with Crippen molar-refractivity contribution in [2.75, 3.05) is 0 Å². The van der Waals surface area contributed by atoms with Crippen LogP contribution in [0.4, 0.5) is 0 Å². The summed E-state index contributed by atoms with van der Waals surface area (Å²) in [6.45, 7) is 0. The zero-order valence-corrected chi connectivity index (χ0v) is 14.3. The van der Waals surface area contributed by atoms with Crippen LogP contribution in [-0.2, 0) is 0 Å². The molecule has 0 radical (unpaired) electrons. The lowest BCUT2D eigenvalue weighted by atomic mass is 10.1. The van der Waals surface area contributed by atoms with Gasteiger partial charge in [-0.1, -0.05) is 18.2 Å².